The number of hydrogen-bond donors (Lipinski definition) is 1. The molecule has 0 aromatic carbocycles. The molecule has 1 atom stereocenters. The van der Waals surface area contributed by atoms with Crippen LogP contribution >= 0.6 is 0 Å². The minimum absolute atomic E-state index is 0.0569. The van der Waals surface area contributed by atoms with Crippen molar-refractivity contribution in [3.05, 3.63) is 33.6 Å². The average Bonchev–Trinajstić information content (AvgIpc) is 2.28. The van der Waals surface area contributed by atoms with E-state index in [1.54, 1.807) is 20.1 Å². The SMILES string of the molecule is CNC(COC)Cc1cc(C)c([N+](=O)[O-])cn1. The van der Waals surface area contributed by atoms with Crippen molar-refractivity contribution < 1.29 is 9.66 Å². The van der Waals surface area contributed by atoms with E-state index in [0.717, 1.165) is 5.69 Å². The minimum atomic E-state index is -0.420. The van der Waals surface area contributed by atoms with Gasteiger partial charge in [-0.05, 0) is 20.0 Å². The first-order valence-electron chi connectivity index (χ1n) is 5.34. The number of nitrogens with one attached hydrogen (secondary N) is 1. The maximum Gasteiger partial charge on any atom is 0.290 e. The number of aryl methyl sites for hydroxylation is 1. The Morgan fingerprint density at radius 3 is 2.82 bits per heavy atom. The molecule has 0 saturated heterocycles. The molecule has 0 aliphatic rings. The van der Waals surface area contributed by atoms with Crippen molar-refractivity contribution in [1.29, 1.82) is 0 Å². The predicted octanol–water partition coefficient (Wildman–Crippen LogP) is 1.08. The number of rotatable bonds is 6. The van der Waals surface area contributed by atoms with Crippen LogP contribution in [0.4, 0.5) is 5.69 Å². The van der Waals surface area contributed by atoms with Gasteiger partial charge in [-0.15, -0.1) is 0 Å². The molecule has 0 aliphatic carbocycles. The van der Waals surface area contributed by atoms with Gasteiger partial charge >= 0.3 is 0 Å². The molecule has 0 saturated carbocycles. The largest absolute Gasteiger partial charge is 0.383 e. The van der Waals surface area contributed by atoms with Gasteiger partial charge in [-0.3, -0.25) is 15.1 Å². The molecule has 17 heavy (non-hydrogen) atoms. The first-order valence-corrected chi connectivity index (χ1v) is 5.34. The average molecular weight is 239 g/mol. The molecule has 0 spiro atoms. The lowest BCUT2D eigenvalue weighted by Gasteiger charge is -2.14. The lowest BCUT2D eigenvalue weighted by atomic mass is 10.1. The number of aromatic nitrogens is 1. The number of hydrogen-bond acceptors (Lipinski definition) is 5. The second kappa shape index (κ2) is 6.27. The Bertz CT molecular complexity index is 396. The predicted molar refractivity (Wildman–Crippen MR) is 64.1 cm³/mol. The molecular weight excluding hydrogens is 222 g/mol. The number of ether oxygens (including phenoxy) is 1. The van der Waals surface area contributed by atoms with Crippen LogP contribution in [0.2, 0.25) is 0 Å². The van der Waals surface area contributed by atoms with Crippen molar-refractivity contribution in [2.24, 2.45) is 0 Å². The topological polar surface area (TPSA) is 77.3 Å². The summed E-state index contributed by atoms with van der Waals surface area (Å²) in [5, 5.41) is 13.8. The summed E-state index contributed by atoms with van der Waals surface area (Å²) >= 11 is 0. The molecule has 1 N–H and O–H groups in total. The monoisotopic (exact) mass is 239 g/mol. The van der Waals surface area contributed by atoms with E-state index in [2.05, 4.69) is 10.3 Å². The first-order chi connectivity index (χ1) is 8.08. The Morgan fingerprint density at radius 1 is 1.65 bits per heavy atom. The van der Waals surface area contributed by atoms with Crippen molar-refractivity contribution in [3.8, 4) is 0 Å². The number of nitro groups is 1. The quantitative estimate of drug-likeness (QED) is 0.593. The maximum absolute atomic E-state index is 10.6. The van der Waals surface area contributed by atoms with Gasteiger partial charge in [0.1, 0.15) is 6.20 Å². The molecule has 0 radical (unpaired) electrons. The van der Waals surface area contributed by atoms with Gasteiger partial charge in [0.2, 0.25) is 0 Å². The highest BCUT2D eigenvalue weighted by molar-refractivity contribution is 5.37. The van der Waals surface area contributed by atoms with Crippen molar-refractivity contribution in [2.45, 2.75) is 19.4 Å². The van der Waals surface area contributed by atoms with Crippen LogP contribution in [0.1, 0.15) is 11.3 Å². The smallest absolute Gasteiger partial charge is 0.290 e. The molecule has 0 aliphatic heterocycles. The molecule has 0 amide bonds. The third-order valence-electron chi connectivity index (χ3n) is 2.57. The second-order valence-electron chi connectivity index (χ2n) is 3.86. The molecule has 94 valence electrons. The van der Waals surface area contributed by atoms with E-state index in [9.17, 15) is 10.1 Å². The Morgan fingerprint density at radius 2 is 2.35 bits per heavy atom. The van der Waals surface area contributed by atoms with Crippen LogP contribution in [0.3, 0.4) is 0 Å². The maximum atomic E-state index is 10.6. The summed E-state index contributed by atoms with van der Waals surface area (Å²) in [5.74, 6) is 0. The van der Waals surface area contributed by atoms with E-state index in [1.165, 1.54) is 6.20 Å². The fourth-order valence-corrected chi connectivity index (χ4v) is 1.61. The van der Waals surface area contributed by atoms with Crippen LogP contribution in [0.15, 0.2) is 12.3 Å². The van der Waals surface area contributed by atoms with Gasteiger partial charge in [-0.1, -0.05) is 0 Å². The fourth-order valence-electron chi connectivity index (χ4n) is 1.61. The molecule has 1 aromatic rings. The molecule has 6 heteroatoms. The number of likely N-dealkylation sites (N-methyl/N-ethyl adjacent to an activating group) is 1. The van der Waals surface area contributed by atoms with Crippen LogP contribution < -0.4 is 5.32 Å². The highest BCUT2D eigenvalue weighted by Gasteiger charge is 2.13. The normalized spacial score (nSPS) is 12.4. The highest BCUT2D eigenvalue weighted by Crippen LogP contribution is 2.17. The lowest BCUT2D eigenvalue weighted by molar-refractivity contribution is -0.385. The van der Waals surface area contributed by atoms with E-state index >= 15 is 0 Å². The van der Waals surface area contributed by atoms with Crippen molar-refractivity contribution in [1.82, 2.24) is 10.3 Å². The van der Waals surface area contributed by atoms with E-state index in [4.69, 9.17) is 4.74 Å². The summed E-state index contributed by atoms with van der Waals surface area (Å²) in [6.45, 7) is 2.29. The zero-order valence-electron chi connectivity index (χ0n) is 10.3. The van der Waals surface area contributed by atoms with Gasteiger partial charge < -0.3 is 10.1 Å². The van der Waals surface area contributed by atoms with Gasteiger partial charge in [0.05, 0.1) is 11.5 Å². The third kappa shape index (κ3) is 3.76. The number of methoxy groups -OCH3 is 1. The van der Waals surface area contributed by atoms with Crippen LogP contribution in [0.25, 0.3) is 0 Å². The summed E-state index contributed by atoms with van der Waals surface area (Å²) in [6, 6.07) is 1.91. The third-order valence-corrected chi connectivity index (χ3v) is 2.57. The van der Waals surface area contributed by atoms with Gasteiger partial charge in [-0.2, -0.15) is 0 Å². The van der Waals surface area contributed by atoms with Gasteiger partial charge in [0, 0.05) is 30.8 Å². The van der Waals surface area contributed by atoms with Gasteiger partial charge in [-0.25, -0.2) is 0 Å². The molecule has 6 nitrogen and oxygen atoms in total. The van der Waals surface area contributed by atoms with Crippen molar-refractivity contribution in [2.75, 3.05) is 20.8 Å². The Balaban J connectivity index is 2.79. The van der Waals surface area contributed by atoms with Crippen LogP contribution in [0.5, 0.6) is 0 Å². The Labute approximate surface area is 100 Å². The first kappa shape index (κ1) is 13.5. The fraction of sp³-hybridized carbons (Fsp3) is 0.545. The molecule has 1 rings (SSSR count). The van der Waals surface area contributed by atoms with Crippen LogP contribution in [0, 0.1) is 17.0 Å². The summed E-state index contributed by atoms with van der Waals surface area (Å²) in [5.41, 5.74) is 1.51. The van der Waals surface area contributed by atoms with Crippen molar-refractivity contribution in [3.63, 3.8) is 0 Å². The molecule has 1 heterocycles. The van der Waals surface area contributed by atoms with Gasteiger partial charge in [0.15, 0.2) is 0 Å². The molecule has 1 aromatic heterocycles. The van der Waals surface area contributed by atoms with Crippen molar-refractivity contribution >= 4 is 5.69 Å². The Hall–Kier alpha value is -1.53. The summed E-state index contributed by atoms with van der Waals surface area (Å²) in [7, 11) is 3.49. The number of nitrogens with zero attached hydrogens (tertiary/aromatic N) is 2. The van der Waals surface area contributed by atoms with Gasteiger partial charge in [0.25, 0.3) is 5.69 Å². The lowest BCUT2D eigenvalue weighted by Crippen LogP contribution is -2.32. The zero-order valence-corrected chi connectivity index (χ0v) is 10.3. The zero-order chi connectivity index (χ0) is 12.8. The molecule has 0 bridgehead atoms. The molecular formula is C11H17N3O3. The summed E-state index contributed by atoms with van der Waals surface area (Å²) in [4.78, 5) is 14.3. The van der Waals surface area contributed by atoms with E-state index in [0.29, 0.717) is 18.6 Å². The van der Waals surface area contributed by atoms with E-state index in [1.807, 2.05) is 7.05 Å². The second-order valence-corrected chi connectivity index (χ2v) is 3.86. The van der Waals surface area contributed by atoms with Crippen LogP contribution in [-0.2, 0) is 11.2 Å². The number of pyridine rings is 1. The summed E-state index contributed by atoms with van der Waals surface area (Å²) in [6.07, 6.45) is 1.99. The molecule has 0 fully saturated rings. The van der Waals surface area contributed by atoms with Crippen LogP contribution in [-0.4, -0.2) is 36.7 Å². The standard InChI is InChI=1S/C11H17N3O3/c1-8-4-9(5-10(12-2)7-17-3)13-6-11(8)14(15)16/h4,6,10,12H,5,7H2,1-3H3. The van der Waals surface area contributed by atoms with E-state index < -0.39 is 4.92 Å². The molecule has 1 unspecified atom stereocenters. The van der Waals surface area contributed by atoms with E-state index in [-0.39, 0.29) is 11.7 Å². The summed E-state index contributed by atoms with van der Waals surface area (Å²) < 4.78 is 5.06. The minimum Gasteiger partial charge on any atom is -0.383 e. The highest BCUT2D eigenvalue weighted by atomic mass is 16.6. The Kier molecular flexibility index (Phi) is 4.99.